The first-order valence-electron chi connectivity index (χ1n) is 7.96. The summed E-state index contributed by atoms with van der Waals surface area (Å²) in [5.41, 5.74) is 3.67. The largest absolute Gasteiger partial charge is 0.493 e. The second kappa shape index (κ2) is 8.55. The monoisotopic (exact) mass is 368 g/mol. The van der Waals surface area contributed by atoms with E-state index in [1.165, 1.54) is 18.3 Å². The molecule has 0 amide bonds. The Labute approximate surface area is 156 Å². The number of rotatable bonds is 7. The zero-order valence-electron chi connectivity index (χ0n) is 14.6. The van der Waals surface area contributed by atoms with Gasteiger partial charge < -0.3 is 14.8 Å². The van der Waals surface area contributed by atoms with Gasteiger partial charge >= 0.3 is 0 Å². The number of hydrogen-bond acceptors (Lipinski definition) is 7. The number of ether oxygens (including phenoxy) is 2. The second-order valence-corrected chi connectivity index (χ2v) is 6.09. The zero-order chi connectivity index (χ0) is 18.4. The Hall–Kier alpha value is -2.77. The first-order chi connectivity index (χ1) is 12.7. The Morgan fingerprint density at radius 2 is 1.88 bits per heavy atom. The quantitative estimate of drug-likeness (QED) is 0.610. The SMILES string of the molecule is COc1cccc(-c2cc(Nc3cccc(CSN)c3)ncn2)c1OC. The minimum atomic E-state index is 0.640. The molecule has 6 nitrogen and oxygen atoms in total. The molecule has 1 heterocycles. The summed E-state index contributed by atoms with van der Waals surface area (Å²) in [6, 6.07) is 15.6. The maximum atomic E-state index is 5.55. The van der Waals surface area contributed by atoms with Gasteiger partial charge in [0, 0.05) is 23.1 Å². The van der Waals surface area contributed by atoms with Crippen molar-refractivity contribution in [1.29, 1.82) is 0 Å². The van der Waals surface area contributed by atoms with E-state index in [4.69, 9.17) is 14.6 Å². The van der Waals surface area contributed by atoms with E-state index >= 15 is 0 Å². The molecule has 0 atom stereocenters. The van der Waals surface area contributed by atoms with Crippen LogP contribution in [0.5, 0.6) is 11.5 Å². The van der Waals surface area contributed by atoms with Gasteiger partial charge in [-0.1, -0.05) is 30.1 Å². The van der Waals surface area contributed by atoms with Gasteiger partial charge in [0.05, 0.1) is 19.9 Å². The van der Waals surface area contributed by atoms with Crippen molar-refractivity contribution in [2.75, 3.05) is 19.5 Å². The topological polar surface area (TPSA) is 82.3 Å². The highest BCUT2D eigenvalue weighted by Gasteiger charge is 2.13. The zero-order valence-corrected chi connectivity index (χ0v) is 15.4. The standard InChI is InChI=1S/C19H20N4O2S/c1-24-17-8-4-7-15(19(17)25-2)16-10-18(22-12-21-16)23-14-6-3-5-13(9-14)11-26-20/h3-10,12H,11,20H2,1-2H3,(H,21,22,23). The maximum Gasteiger partial charge on any atom is 0.170 e. The average molecular weight is 368 g/mol. The predicted molar refractivity (Wildman–Crippen MR) is 106 cm³/mol. The normalized spacial score (nSPS) is 10.4. The van der Waals surface area contributed by atoms with Crippen LogP contribution in [-0.2, 0) is 5.75 Å². The third-order valence-electron chi connectivity index (χ3n) is 3.80. The van der Waals surface area contributed by atoms with Gasteiger partial charge in [-0.25, -0.2) is 9.97 Å². The highest BCUT2D eigenvalue weighted by atomic mass is 32.2. The van der Waals surface area contributed by atoms with Crippen molar-refractivity contribution in [2.45, 2.75) is 5.75 Å². The van der Waals surface area contributed by atoms with Crippen molar-refractivity contribution in [3.63, 3.8) is 0 Å². The second-order valence-electron chi connectivity index (χ2n) is 5.47. The molecule has 134 valence electrons. The fourth-order valence-electron chi connectivity index (χ4n) is 2.64. The van der Waals surface area contributed by atoms with Crippen LogP contribution in [-0.4, -0.2) is 24.2 Å². The lowest BCUT2D eigenvalue weighted by Crippen LogP contribution is -1.98. The van der Waals surface area contributed by atoms with Crippen molar-refractivity contribution in [2.24, 2.45) is 5.14 Å². The van der Waals surface area contributed by atoms with E-state index in [1.54, 1.807) is 14.2 Å². The van der Waals surface area contributed by atoms with Crippen molar-refractivity contribution >= 4 is 23.5 Å². The van der Waals surface area contributed by atoms with Crippen molar-refractivity contribution in [1.82, 2.24) is 9.97 Å². The van der Waals surface area contributed by atoms with E-state index in [9.17, 15) is 0 Å². The first kappa shape index (κ1) is 18.0. The van der Waals surface area contributed by atoms with Crippen LogP contribution in [0.15, 0.2) is 54.9 Å². The molecule has 0 aliphatic carbocycles. The molecule has 0 unspecified atom stereocenters. The van der Waals surface area contributed by atoms with E-state index in [0.717, 1.165) is 28.3 Å². The number of para-hydroxylation sites is 1. The van der Waals surface area contributed by atoms with Crippen LogP contribution in [0.25, 0.3) is 11.3 Å². The minimum Gasteiger partial charge on any atom is -0.493 e. The van der Waals surface area contributed by atoms with Crippen LogP contribution in [0.1, 0.15) is 5.56 Å². The molecule has 0 bridgehead atoms. The molecule has 0 saturated heterocycles. The van der Waals surface area contributed by atoms with E-state index in [2.05, 4.69) is 15.3 Å². The number of methoxy groups -OCH3 is 2. The maximum absolute atomic E-state index is 5.55. The van der Waals surface area contributed by atoms with Gasteiger partial charge in [0.1, 0.15) is 12.1 Å². The number of anilines is 2. The number of nitrogens with one attached hydrogen (secondary N) is 1. The fourth-order valence-corrected chi connectivity index (χ4v) is 3.02. The molecule has 3 rings (SSSR count). The molecule has 3 N–H and O–H groups in total. The van der Waals surface area contributed by atoms with Crippen LogP contribution in [0, 0.1) is 0 Å². The van der Waals surface area contributed by atoms with Crippen molar-refractivity contribution in [3.8, 4) is 22.8 Å². The third-order valence-corrected chi connectivity index (χ3v) is 4.30. The Balaban J connectivity index is 1.91. The van der Waals surface area contributed by atoms with Gasteiger partial charge in [-0.05, 0) is 29.8 Å². The van der Waals surface area contributed by atoms with Gasteiger partial charge in [0.15, 0.2) is 11.5 Å². The van der Waals surface area contributed by atoms with Gasteiger partial charge in [-0.15, -0.1) is 0 Å². The lowest BCUT2D eigenvalue weighted by Gasteiger charge is -2.13. The van der Waals surface area contributed by atoms with Gasteiger partial charge in [-0.3, -0.25) is 5.14 Å². The third kappa shape index (κ3) is 4.07. The summed E-state index contributed by atoms with van der Waals surface area (Å²) in [5.74, 6) is 2.75. The van der Waals surface area contributed by atoms with Crippen LogP contribution in [0.4, 0.5) is 11.5 Å². The summed E-state index contributed by atoms with van der Waals surface area (Å²) in [7, 11) is 3.23. The molecule has 2 aromatic carbocycles. The minimum absolute atomic E-state index is 0.640. The summed E-state index contributed by atoms with van der Waals surface area (Å²) in [5, 5.41) is 8.86. The highest BCUT2D eigenvalue weighted by molar-refractivity contribution is 7.96. The fraction of sp³-hybridized carbons (Fsp3) is 0.158. The molecule has 0 aliphatic heterocycles. The Bertz CT molecular complexity index is 889. The number of nitrogens with zero attached hydrogens (tertiary/aromatic N) is 2. The summed E-state index contributed by atoms with van der Waals surface area (Å²) >= 11 is 1.30. The number of hydrogen-bond donors (Lipinski definition) is 2. The summed E-state index contributed by atoms with van der Waals surface area (Å²) in [4.78, 5) is 8.69. The Morgan fingerprint density at radius 3 is 2.65 bits per heavy atom. The summed E-state index contributed by atoms with van der Waals surface area (Å²) < 4.78 is 10.9. The van der Waals surface area contributed by atoms with Crippen LogP contribution < -0.4 is 19.9 Å². The summed E-state index contributed by atoms with van der Waals surface area (Å²) in [6.07, 6.45) is 1.52. The lowest BCUT2D eigenvalue weighted by molar-refractivity contribution is 0.356. The molecule has 0 saturated carbocycles. The molecule has 7 heteroatoms. The van der Waals surface area contributed by atoms with Crippen LogP contribution in [0.3, 0.4) is 0 Å². The molecule has 1 aromatic heterocycles. The van der Waals surface area contributed by atoms with Crippen molar-refractivity contribution < 1.29 is 9.47 Å². The van der Waals surface area contributed by atoms with E-state index in [-0.39, 0.29) is 0 Å². The van der Waals surface area contributed by atoms with Crippen molar-refractivity contribution in [3.05, 3.63) is 60.4 Å². The van der Waals surface area contributed by atoms with Gasteiger partial charge in [-0.2, -0.15) is 0 Å². The Morgan fingerprint density at radius 1 is 1.04 bits per heavy atom. The van der Waals surface area contributed by atoms with E-state index in [1.807, 2.05) is 48.5 Å². The molecular weight excluding hydrogens is 348 g/mol. The average Bonchev–Trinajstić information content (AvgIpc) is 2.68. The lowest BCUT2D eigenvalue weighted by atomic mass is 10.1. The molecule has 0 aliphatic rings. The van der Waals surface area contributed by atoms with Crippen LogP contribution >= 0.6 is 11.9 Å². The molecule has 0 fully saturated rings. The molecular formula is C19H20N4O2S. The first-order valence-corrected chi connectivity index (χ1v) is 9.01. The molecule has 3 aromatic rings. The van der Waals surface area contributed by atoms with Gasteiger partial charge in [0.25, 0.3) is 0 Å². The molecule has 0 radical (unpaired) electrons. The molecule has 26 heavy (non-hydrogen) atoms. The number of aromatic nitrogens is 2. The number of nitrogens with two attached hydrogens (primary N) is 1. The van der Waals surface area contributed by atoms with Crippen LogP contribution in [0.2, 0.25) is 0 Å². The van der Waals surface area contributed by atoms with E-state index in [0.29, 0.717) is 17.3 Å². The molecule has 0 spiro atoms. The van der Waals surface area contributed by atoms with Gasteiger partial charge in [0.2, 0.25) is 0 Å². The predicted octanol–water partition coefficient (Wildman–Crippen LogP) is 4.01. The number of benzene rings is 2. The Kier molecular flexibility index (Phi) is 5.93. The smallest absolute Gasteiger partial charge is 0.170 e. The van der Waals surface area contributed by atoms with E-state index < -0.39 is 0 Å². The summed E-state index contributed by atoms with van der Waals surface area (Å²) in [6.45, 7) is 0. The highest BCUT2D eigenvalue weighted by Crippen LogP contribution is 2.37.